The summed E-state index contributed by atoms with van der Waals surface area (Å²) >= 11 is 0. The van der Waals surface area contributed by atoms with E-state index in [1.165, 1.54) is 31.7 Å². The molecular weight excluding hydrogens is 202 g/mol. The van der Waals surface area contributed by atoms with Gasteiger partial charge in [-0.05, 0) is 19.0 Å². The second kappa shape index (κ2) is 7.12. The lowest BCUT2D eigenvalue weighted by Gasteiger charge is -2.07. The summed E-state index contributed by atoms with van der Waals surface area (Å²) in [6, 6.07) is 4.70. The van der Waals surface area contributed by atoms with Crippen LogP contribution in [0, 0.1) is 0 Å². The molecule has 0 fully saturated rings. The highest BCUT2D eigenvalue weighted by atomic mass is 16.3. The maximum atomic E-state index is 9.53. The van der Waals surface area contributed by atoms with Crippen molar-refractivity contribution >= 4 is 0 Å². The van der Waals surface area contributed by atoms with E-state index in [0.717, 1.165) is 12.1 Å². The molecular formula is C13H21NO2. The Kier molecular flexibility index (Phi) is 5.72. The SMILES string of the molecule is CCCCCCNCc1ccc(O)cc1O. The molecule has 0 aromatic heterocycles. The van der Waals surface area contributed by atoms with Gasteiger partial charge in [0.05, 0.1) is 0 Å². The van der Waals surface area contributed by atoms with Gasteiger partial charge in [0.2, 0.25) is 0 Å². The Hall–Kier alpha value is -1.22. The second-order valence-corrected chi connectivity index (χ2v) is 4.05. The molecule has 0 spiro atoms. The van der Waals surface area contributed by atoms with Crippen LogP contribution in [-0.2, 0) is 6.54 Å². The fourth-order valence-electron chi connectivity index (χ4n) is 1.60. The zero-order chi connectivity index (χ0) is 11.8. The van der Waals surface area contributed by atoms with E-state index in [0.29, 0.717) is 6.54 Å². The first kappa shape index (κ1) is 12.8. The van der Waals surface area contributed by atoms with Crippen LogP contribution in [-0.4, -0.2) is 16.8 Å². The standard InChI is InChI=1S/C13H21NO2/c1-2-3-4-5-8-14-10-11-6-7-12(15)9-13(11)16/h6-7,9,14-16H,2-5,8,10H2,1H3. The van der Waals surface area contributed by atoms with Crippen molar-refractivity contribution in [3.8, 4) is 11.5 Å². The average molecular weight is 223 g/mol. The van der Waals surface area contributed by atoms with Gasteiger partial charge in [-0.2, -0.15) is 0 Å². The van der Waals surface area contributed by atoms with E-state index in [1.807, 2.05) is 0 Å². The van der Waals surface area contributed by atoms with Crippen LogP contribution >= 0.6 is 0 Å². The highest BCUT2D eigenvalue weighted by Crippen LogP contribution is 2.22. The normalized spacial score (nSPS) is 10.6. The van der Waals surface area contributed by atoms with Crippen LogP contribution in [0.25, 0.3) is 0 Å². The molecule has 0 bridgehead atoms. The second-order valence-electron chi connectivity index (χ2n) is 4.05. The number of aromatic hydroxyl groups is 2. The van der Waals surface area contributed by atoms with E-state index in [-0.39, 0.29) is 11.5 Å². The van der Waals surface area contributed by atoms with Crippen LogP contribution in [0.2, 0.25) is 0 Å². The van der Waals surface area contributed by atoms with Crippen molar-refractivity contribution in [3.05, 3.63) is 23.8 Å². The highest BCUT2D eigenvalue weighted by Gasteiger charge is 2.01. The van der Waals surface area contributed by atoms with Crippen LogP contribution in [0.15, 0.2) is 18.2 Å². The van der Waals surface area contributed by atoms with Crippen molar-refractivity contribution in [3.63, 3.8) is 0 Å². The molecule has 3 heteroatoms. The molecule has 3 N–H and O–H groups in total. The Morgan fingerprint density at radius 2 is 1.94 bits per heavy atom. The molecule has 3 nitrogen and oxygen atoms in total. The summed E-state index contributed by atoms with van der Waals surface area (Å²) in [7, 11) is 0. The zero-order valence-electron chi connectivity index (χ0n) is 9.87. The van der Waals surface area contributed by atoms with Gasteiger partial charge in [-0.15, -0.1) is 0 Å². The van der Waals surface area contributed by atoms with Crippen molar-refractivity contribution in [1.29, 1.82) is 0 Å². The first-order valence-electron chi connectivity index (χ1n) is 5.95. The van der Waals surface area contributed by atoms with Crippen LogP contribution < -0.4 is 5.32 Å². The quantitative estimate of drug-likeness (QED) is 0.623. The third-order valence-corrected chi connectivity index (χ3v) is 2.59. The number of hydrogen-bond acceptors (Lipinski definition) is 3. The molecule has 1 aromatic rings. The summed E-state index contributed by atoms with van der Waals surface area (Å²) in [6.07, 6.45) is 4.96. The Balaban J connectivity index is 2.21. The van der Waals surface area contributed by atoms with Gasteiger partial charge in [-0.1, -0.05) is 32.3 Å². The van der Waals surface area contributed by atoms with Gasteiger partial charge in [0.15, 0.2) is 0 Å². The number of phenolic OH excluding ortho intramolecular Hbond substituents is 2. The Morgan fingerprint density at radius 3 is 2.62 bits per heavy atom. The topological polar surface area (TPSA) is 52.5 Å². The summed E-state index contributed by atoms with van der Waals surface area (Å²) in [4.78, 5) is 0. The van der Waals surface area contributed by atoms with Gasteiger partial charge in [-0.25, -0.2) is 0 Å². The summed E-state index contributed by atoms with van der Waals surface area (Å²) in [5.74, 6) is 0.255. The molecule has 0 atom stereocenters. The van der Waals surface area contributed by atoms with Gasteiger partial charge in [0.1, 0.15) is 11.5 Å². The van der Waals surface area contributed by atoms with Crippen molar-refractivity contribution in [2.24, 2.45) is 0 Å². The highest BCUT2D eigenvalue weighted by molar-refractivity contribution is 5.38. The van der Waals surface area contributed by atoms with E-state index in [2.05, 4.69) is 12.2 Å². The summed E-state index contributed by atoms with van der Waals surface area (Å²) < 4.78 is 0. The van der Waals surface area contributed by atoms with Gasteiger partial charge in [-0.3, -0.25) is 0 Å². The first-order chi connectivity index (χ1) is 7.74. The monoisotopic (exact) mass is 223 g/mol. The molecule has 0 aliphatic carbocycles. The van der Waals surface area contributed by atoms with Gasteiger partial charge >= 0.3 is 0 Å². The smallest absolute Gasteiger partial charge is 0.123 e. The van der Waals surface area contributed by atoms with Crippen LogP contribution in [0.3, 0.4) is 0 Å². The predicted octanol–water partition coefficient (Wildman–Crippen LogP) is 2.77. The molecule has 0 radical (unpaired) electrons. The van der Waals surface area contributed by atoms with Gasteiger partial charge < -0.3 is 15.5 Å². The molecule has 0 aliphatic heterocycles. The number of unbranched alkanes of at least 4 members (excludes halogenated alkanes) is 3. The van der Waals surface area contributed by atoms with Crippen LogP contribution in [0.1, 0.15) is 38.2 Å². The Bertz CT molecular complexity index is 313. The maximum absolute atomic E-state index is 9.53. The van der Waals surface area contributed by atoms with Crippen molar-refractivity contribution in [1.82, 2.24) is 5.32 Å². The minimum absolute atomic E-state index is 0.101. The third kappa shape index (κ3) is 4.53. The molecule has 0 saturated heterocycles. The molecule has 0 aliphatic rings. The largest absolute Gasteiger partial charge is 0.508 e. The van der Waals surface area contributed by atoms with Crippen molar-refractivity contribution in [2.75, 3.05) is 6.54 Å². The van der Waals surface area contributed by atoms with Crippen LogP contribution in [0.5, 0.6) is 11.5 Å². The third-order valence-electron chi connectivity index (χ3n) is 2.59. The van der Waals surface area contributed by atoms with E-state index < -0.39 is 0 Å². The number of phenols is 2. The lowest BCUT2D eigenvalue weighted by Crippen LogP contribution is -2.14. The molecule has 0 saturated carbocycles. The lowest BCUT2D eigenvalue weighted by atomic mass is 10.2. The zero-order valence-corrected chi connectivity index (χ0v) is 9.87. The number of benzene rings is 1. The molecule has 0 amide bonds. The molecule has 0 unspecified atom stereocenters. The molecule has 0 heterocycles. The van der Waals surface area contributed by atoms with E-state index in [1.54, 1.807) is 12.1 Å². The molecule has 16 heavy (non-hydrogen) atoms. The van der Waals surface area contributed by atoms with Gasteiger partial charge in [0.25, 0.3) is 0 Å². The maximum Gasteiger partial charge on any atom is 0.123 e. The Labute approximate surface area is 97.1 Å². The lowest BCUT2D eigenvalue weighted by molar-refractivity contribution is 0.443. The first-order valence-corrected chi connectivity index (χ1v) is 5.95. The number of rotatable bonds is 7. The molecule has 1 rings (SSSR count). The predicted molar refractivity (Wildman–Crippen MR) is 65.6 cm³/mol. The number of hydrogen-bond donors (Lipinski definition) is 3. The van der Waals surface area contributed by atoms with Crippen molar-refractivity contribution in [2.45, 2.75) is 39.2 Å². The summed E-state index contributed by atoms with van der Waals surface area (Å²) in [5, 5.41) is 21.9. The van der Waals surface area contributed by atoms with E-state index in [4.69, 9.17) is 5.11 Å². The minimum Gasteiger partial charge on any atom is -0.508 e. The molecule has 90 valence electrons. The van der Waals surface area contributed by atoms with E-state index >= 15 is 0 Å². The van der Waals surface area contributed by atoms with E-state index in [9.17, 15) is 5.11 Å². The summed E-state index contributed by atoms with van der Waals surface area (Å²) in [5.41, 5.74) is 0.827. The van der Waals surface area contributed by atoms with Crippen molar-refractivity contribution < 1.29 is 10.2 Å². The summed E-state index contributed by atoms with van der Waals surface area (Å²) in [6.45, 7) is 3.82. The fourth-order valence-corrected chi connectivity index (χ4v) is 1.60. The van der Waals surface area contributed by atoms with Crippen LogP contribution in [0.4, 0.5) is 0 Å². The average Bonchev–Trinajstić information content (AvgIpc) is 2.26. The Morgan fingerprint density at radius 1 is 1.12 bits per heavy atom. The minimum atomic E-state index is 0.101. The fraction of sp³-hybridized carbons (Fsp3) is 0.538. The number of nitrogens with one attached hydrogen (secondary N) is 1. The molecule has 1 aromatic carbocycles. The van der Waals surface area contributed by atoms with Gasteiger partial charge in [0, 0.05) is 18.2 Å².